The number of rotatable bonds is 9. The lowest BCUT2D eigenvalue weighted by molar-refractivity contribution is -0.906. The molecular formula is C27H42ClNO2. The molecule has 0 saturated heterocycles. The van der Waals surface area contributed by atoms with Gasteiger partial charge in [-0.2, -0.15) is 0 Å². The van der Waals surface area contributed by atoms with Crippen LogP contribution in [-0.4, -0.2) is 42.9 Å². The Morgan fingerprint density at radius 2 is 1.45 bits per heavy atom. The second-order valence-electron chi connectivity index (χ2n) is 11.4. The van der Waals surface area contributed by atoms with Gasteiger partial charge in [0.1, 0.15) is 31.5 Å². The minimum absolute atomic E-state index is 0. The average molecular weight is 448 g/mol. The molecule has 31 heavy (non-hydrogen) atoms. The zero-order valence-corrected chi connectivity index (χ0v) is 21.5. The molecule has 1 unspecified atom stereocenters. The molecule has 174 valence electrons. The van der Waals surface area contributed by atoms with Crippen molar-refractivity contribution in [2.24, 2.45) is 5.41 Å². The van der Waals surface area contributed by atoms with E-state index in [9.17, 15) is 5.11 Å². The molecule has 0 fully saturated rings. The van der Waals surface area contributed by atoms with Gasteiger partial charge in [0.25, 0.3) is 0 Å². The molecule has 0 radical (unpaired) electrons. The molecule has 2 aromatic rings. The van der Waals surface area contributed by atoms with Crippen LogP contribution in [-0.2, 0) is 12.0 Å². The van der Waals surface area contributed by atoms with Gasteiger partial charge in [0.2, 0.25) is 0 Å². The molecule has 0 aliphatic rings. The second kappa shape index (κ2) is 10.8. The summed E-state index contributed by atoms with van der Waals surface area (Å²) in [6, 6.07) is 17.0. The quantitative estimate of drug-likeness (QED) is 0.599. The molecule has 0 heterocycles. The Kier molecular flexibility index (Phi) is 9.62. The molecule has 2 aromatic carbocycles. The van der Waals surface area contributed by atoms with Crippen LogP contribution in [0.2, 0.25) is 0 Å². The van der Waals surface area contributed by atoms with E-state index in [1.165, 1.54) is 16.7 Å². The fourth-order valence-corrected chi connectivity index (χ4v) is 4.50. The monoisotopic (exact) mass is 447 g/mol. The van der Waals surface area contributed by atoms with Crippen LogP contribution in [0.15, 0.2) is 48.5 Å². The molecule has 0 spiro atoms. The van der Waals surface area contributed by atoms with Crippen LogP contribution in [0.25, 0.3) is 0 Å². The van der Waals surface area contributed by atoms with E-state index in [0.29, 0.717) is 17.6 Å². The summed E-state index contributed by atoms with van der Waals surface area (Å²) in [6.07, 6.45) is 0.606. The fraction of sp³-hybridized carbons (Fsp3) is 0.556. The van der Waals surface area contributed by atoms with Gasteiger partial charge in [-0.3, -0.25) is 0 Å². The maximum atomic E-state index is 10.5. The van der Waals surface area contributed by atoms with Crippen molar-refractivity contribution in [2.75, 3.05) is 27.2 Å². The molecule has 3 nitrogen and oxygen atoms in total. The number of aliphatic hydroxyl groups is 1. The molecule has 1 N–H and O–H groups in total. The van der Waals surface area contributed by atoms with Crippen molar-refractivity contribution in [3.63, 3.8) is 0 Å². The predicted molar refractivity (Wildman–Crippen MR) is 127 cm³/mol. The second-order valence-corrected chi connectivity index (χ2v) is 11.4. The van der Waals surface area contributed by atoms with Crippen LogP contribution in [0.1, 0.15) is 57.7 Å². The van der Waals surface area contributed by atoms with Crippen LogP contribution < -0.4 is 17.1 Å². The van der Waals surface area contributed by atoms with E-state index >= 15 is 0 Å². The van der Waals surface area contributed by atoms with Crippen molar-refractivity contribution in [1.29, 1.82) is 0 Å². The lowest BCUT2D eigenvalue weighted by Gasteiger charge is -2.33. The summed E-state index contributed by atoms with van der Waals surface area (Å²) in [5, 5.41) is 10.5. The van der Waals surface area contributed by atoms with Crippen molar-refractivity contribution in [3.05, 3.63) is 65.2 Å². The Balaban J connectivity index is 0.00000480. The van der Waals surface area contributed by atoms with Crippen molar-refractivity contribution in [3.8, 4) is 5.75 Å². The minimum atomic E-state index is -0.512. The van der Waals surface area contributed by atoms with Crippen LogP contribution in [0.5, 0.6) is 5.75 Å². The number of aryl methyl sites for hydroxylation is 1. The number of aliphatic hydroxyl groups excluding tert-OH is 1. The summed E-state index contributed by atoms with van der Waals surface area (Å²) >= 11 is 0. The van der Waals surface area contributed by atoms with Crippen LogP contribution in [0.3, 0.4) is 0 Å². The Bertz CT molecular complexity index is 789. The van der Waals surface area contributed by atoms with E-state index in [0.717, 1.165) is 18.7 Å². The van der Waals surface area contributed by atoms with E-state index in [-0.39, 0.29) is 23.2 Å². The highest BCUT2D eigenvalue weighted by atomic mass is 35.5. The van der Waals surface area contributed by atoms with Crippen molar-refractivity contribution >= 4 is 0 Å². The first kappa shape index (κ1) is 27.5. The number of nitrogens with zero attached hydrogens (tertiary/aromatic N) is 1. The average Bonchev–Trinajstić information content (AvgIpc) is 2.60. The van der Waals surface area contributed by atoms with Gasteiger partial charge in [0.15, 0.2) is 0 Å². The molecular weight excluding hydrogens is 406 g/mol. The molecule has 0 aromatic heterocycles. The van der Waals surface area contributed by atoms with Gasteiger partial charge in [-0.15, -0.1) is 0 Å². The van der Waals surface area contributed by atoms with E-state index in [4.69, 9.17) is 4.74 Å². The Hall–Kier alpha value is -1.55. The van der Waals surface area contributed by atoms with Gasteiger partial charge in [0, 0.05) is 5.56 Å². The summed E-state index contributed by atoms with van der Waals surface area (Å²) < 4.78 is 6.60. The van der Waals surface area contributed by atoms with Gasteiger partial charge >= 0.3 is 0 Å². The summed E-state index contributed by atoms with van der Waals surface area (Å²) in [7, 11) is 4.30. The summed E-state index contributed by atoms with van der Waals surface area (Å²) in [5.41, 5.74) is 4.28. The Morgan fingerprint density at radius 1 is 0.903 bits per heavy atom. The fourth-order valence-electron chi connectivity index (χ4n) is 4.50. The number of hydrogen-bond acceptors (Lipinski definition) is 2. The molecule has 0 amide bonds. The molecule has 0 bridgehead atoms. The SMILES string of the molecule is Cc1ccc(C[N+](C)(C)CC(O)COc2ccc(C(C)(C)CC(C)(C)C)cc2)cc1.[Cl-]. The molecule has 0 saturated carbocycles. The van der Waals surface area contributed by atoms with Gasteiger partial charge in [0.05, 0.1) is 14.1 Å². The van der Waals surface area contributed by atoms with Gasteiger partial charge in [-0.25, -0.2) is 0 Å². The van der Waals surface area contributed by atoms with E-state index in [1.54, 1.807) is 0 Å². The molecule has 2 rings (SSSR count). The van der Waals surface area contributed by atoms with Crippen LogP contribution in [0.4, 0.5) is 0 Å². The minimum Gasteiger partial charge on any atom is -1.00 e. The highest BCUT2D eigenvalue weighted by molar-refractivity contribution is 5.31. The Labute approximate surface area is 196 Å². The highest BCUT2D eigenvalue weighted by Crippen LogP contribution is 2.36. The van der Waals surface area contributed by atoms with Gasteiger partial charge in [-0.05, 0) is 41.9 Å². The maximum absolute atomic E-state index is 10.5. The predicted octanol–water partition coefficient (Wildman–Crippen LogP) is 2.73. The van der Waals surface area contributed by atoms with Gasteiger partial charge in [-0.1, -0.05) is 76.6 Å². The first-order chi connectivity index (χ1) is 13.8. The number of ether oxygens (including phenoxy) is 1. The normalized spacial score (nSPS) is 13.5. The topological polar surface area (TPSA) is 29.5 Å². The first-order valence-corrected chi connectivity index (χ1v) is 11.0. The largest absolute Gasteiger partial charge is 1.00 e. The molecule has 1 atom stereocenters. The zero-order valence-electron chi connectivity index (χ0n) is 20.7. The number of hydrogen-bond donors (Lipinski definition) is 1. The third-order valence-electron chi connectivity index (χ3n) is 5.49. The smallest absolute Gasteiger partial charge is 0.137 e. The number of halogens is 1. The summed E-state index contributed by atoms with van der Waals surface area (Å²) in [5.74, 6) is 0.813. The number of likely N-dealkylation sites (N-methyl/N-ethyl adjacent to an activating group) is 1. The molecule has 4 heteroatoms. The highest BCUT2D eigenvalue weighted by Gasteiger charge is 2.27. The van der Waals surface area contributed by atoms with Crippen molar-refractivity contribution in [2.45, 2.75) is 66.0 Å². The van der Waals surface area contributed by atoms with Gasteiger partial charge < -0.3 is 26.7 Å². The zero-order chi connectivity index (χ0) is 22.6. The third-order valence-corrected chi connectivity index (χ3v) is 5.49. The lowest BCUT2D eigenvalue weighted by Crippen LogP contribution is -3.00. The lowest BCUT2D eigenvalue weighted by atomic mass is 9.72. The van der Waals surface area contributed by atoms with Crippen LogP contribution in [0, 0.1) is 12.3 Å². The van der Waals surface area contributed by atoms with Crippen molar-refractivity contribution in [1.82, 2.24) is 0 Å². The van der Waals surface area contributed by atoms with Crippen molar-refractivity contribution < 1.29 is 26.7 Å². The van der Waals surface area contributed by atoms with Crippen LogP contribution >= 0.6 is 0 Å². The van der Waals surface area contributed by atoms with E-state index < -0.39 is 6.10 Å². The summed E-state index contributed by atoms with van der Waals surface area (Å²) in [6.45, 7) is 15.4. The standard InChI is InChI=1S/C27H42NO2.ClH/c1-21-9-11-22(12-10-21)17-28(7,8)18-24(29)19-30-25-15-13-23(14-16-25)27(5,6)20-26(2,3)4;/h9-16,24,29H,17-20H2,1-8H3;1H/q+1;/p-1. The van der Waals surface area contributed by atoms with E-state index in [1.807, 2.05) is 12.1 Å². The molecule has 0 aliphatic heterocycles. The number of quaternary nitrogens is 1. The molecule has 0 aliphatic carbocycles. The number of benzene rings is 2. The Morgan fingerprint density at radius 3 is 1.97 bits per heavy atom. The van der Waals surface area contributed by atoms with E-state index in [2.05, 4.69) is 92.0 Å². The third kappa shape index (κ3) is 9.64. The maximum Gasteiger partial charge on any atom is 0.137 e. The first-order valence-electron chi connectivity index (χ1n) is 11.0. The summed E-state index contributed by atoms with van der Waals surface area (Å²) in [4.78, 5) is 0.